The molecule has 1 aromatic carbocycles. The van der Waals surface area contributed by atoms with Crippen molar-refractivity contribution in [3.8, 4) is 0 Å². The van der Waals surface area contributed by atoms with Gasteiger partial charge in [-0.1, -0.05) is 15.9 Å². The number of carbonyl (C=O) groups is 1. The average Bonchev–Trinajstić information content (AvgIpc) is 2.14. The van der Waals surface area contributed by atoms with E-state index in [1.807, 2.05) is 0 Å². The zero-order valence-electron chi connectivity index (χ0n) is 8.97. The van der Waals surface area contributed by atoms with Gasteiger partial charge >= 0.3 is 5.51 Å². The fourth-order valence-corrected chi connectivity index (χ4v) is 2.39. The fourth-order valence-electron chi connectivity index (χ4n) is 1.33. The van der Waals surface area contributed by atoms with Crippen molar-refractivity contribution in [2.45, 2.75) is 23.7 Å². The Bertz CT molecular complexity index is 418. The molecule has 0 N–H and O–H groups in total. The second-order valence-corrected chi connectivity index (χ2v) is 5.38. The number of Topliss-reactive ketones (excluding diaryl/α,β-unsaturated/α-hetero) is 1. The largest absolute Gasteiger partial charge is 0.446 e. The van der Waals surface area contributed by atoms with Gasteiger partial charge in [0.1, 0.15) is 0 Å². The number of hydrogen-bond acceptors (Lipinski definition) is 2. The maximum atomic E-state index is 12.2. The minimum absolute atomic E-state index is 0.0513. The van der Waals surface area contributed by atoms with Gasteiger partial charge in [0.2, 0.25) is 0 Å². The van der Waals surface area contributed by atoms with Crippen molar-refractivity contribution in [1.29, 1.82) is 0 Å². The Balaban J connectivity index is 2.98. The number of hydrogen-bond donors (Lipinski definition) is 0. The third-order valence-corrected chi connectivity index (χ3v) is 3.03. The predicted molar refractivity (Wildman–Crippen MR) is 65.8 cm³/mol. The molecule has 0 saturated heterocycles. The van der Waals surface area contributed by atoms with Gasteiger partial charge in [0.25, 0.3) is 0 Å². The van der Waals surface area contributed by atoms with Gasteiger partial charge in [0.15, 0.2) is 5.78 Å². The first-order chi connectivity index (χ1) is 7.81. The number of ketones is 1. The number of carbonyl (C=O) groups excluding carboxylic acids is 1. The van der Waals surface area contributed by atoms with Crippen molar-refractivity contribution in [3.05, 3.63) is 29.3 Å². The summed E-state index contributed by atoms with van der Waals surface area (Å²) in [6.07, 6.45) is 0.277. The molecule has 0 aliphatic heterocycles. The molecule has 0 bridgehead atoms. The highest BCUT2D eigenvalue weighted by molar-refractivity contribution is 9.09. The molecule has 0 aromatic heterocycles. The Morgan fingerprint density at radius 1 is 1.35 bits per heavy atom. The summed E-state index contributed by atoms with van der Waals surface area (Å²) >= 11 is 2.93. The van der Waals surface area contributed by atoms with Crippen molar-refractivity contribution >= 4 is 33.5 Å². The van der Waals surface area contributed by atoms with E-state index in [0.717, 1.165) is 0 Å². The van der Waals surface area contributed by atoms with Gasteiger partial charge in [0.05, 0.1) is 0 Å². The first-order valence-electron chi connectivity index (χ1n) is 4.78. The summed E-state index contributed by atoms with van der Waals surface area (Å²) < 4.78 is 36.7. The van der Waals surface area contributed by atoms with Crippen LogP contribution in [0.2, 0.25) is 0 Å². The highest BCUT2D eigenvalue weighted by atomic mass is 79.9. The molecule has 0 fully saturated rings. The molecular formula is C11H10BrF3OS. The maximum absolute atomic E-state index is 12.2. The molecule has 6 heteroatoms. The number of rotatable bonds is 4. The van der Waals surface area contributed by atoms with Crippen LogP contribution in [0, 0.1) is 6.92 Å². The summed E-state index contributed by atoms with van der Waals surface area (Å²) in [5, 5.41) is 0.502. The average molecular weight is 327 g/mol. The normalized spacial score (nSPS) is 11.6. The quantitative estimate of drug-likeness (QED) is 0.458. The second kappa shape index (κ2) is 5.91. The number of halogens is 4. The zero-order valence-corrected chi connectivity index (χ0v) is 11.4. The molecule has 0 radical (unpaired) electrons. The smallest absolute Gasteiger partial charge is 0.294 e. The highest BCUT2D eigenvalue weighted by Gasteiger charge is 2.29. The van der Waals surface area contributed by atoms with E-state index in [2.05, 4.69) is 15.9 Å². The van der Waals surface area contributed by atoms with Gasteiger partial charge in [-0.05, 0) is 42.4 Å². The van der Waals surface area contributed by atoms with Crippen LogP contribution in [0.1, 0.15) is 22.3 Å². The lowest BCUT2D eigenvalue weighted by Crippen LogP contribution is -2.03. The fraction of sp³-hybridized carbons (Fsp3) is 0.364. The lowest BCUT2D eigenvalue weighted by molar-refractivity contribution is -0.0328. The van der Waals surface area contributed by atoms with Crippen molar-refractivity contribution in [3.63, 3.8) is 0 Å². The van der Waals surface area contributed by atoms with Crippen molar-refractivity contribution in [1.82, 2.24) is 0 Å². The van der Waals surface area contributed by atoms with Crippen molar-refractivity contribution in [2.75, 3.05) is 5.33 Å². The molecule has 0 amide bonds. The molecule has 1 rings (SSSR count). The van der Waals surface area contributed by atoms with Crippen LogP contribution in [0.25, 0.3) is 0 Å². The lowest BCUT2D eigenvalue weighted by atomic mass is 10.1. The lowest BCUT2D eigenvalue weighted by Gasteiger charge is -2.08. The van der Waals surface area contributed by atoms with Gasteiger partial charge in [0, 0.05) is 22.2 Å². The van der Waals surface area contributed by atoms with Crippen LogP contribution < -0.4 is 0 Å². The minimum Gasteiger partial charge on any atom is -0.294 e. The summed E-state index contributed by atoms with van der Waals surface area (Å²) in [5.74, 6) is -0.158. The number of benzene rings is 1. The standard InChI is InChI=1S/C11H10BrF3OS/c1-7-4-8(10(16)2-3-12)6-9(5-7)17-11(13,14)15/h4-6H,2-3H2,1H3. The van der Waals surface area contributed by atoms with Gasteiger partial charge in [-0.15, -0.1) is 0 Å². The van der Waals surface area contributed by atoms with E-state index in [1.165, 1.54) is 12.1 Å². The number of thioether (sulfide) groups is 1. The van der Waals surface area contributed by atoms with Gasteiger partial charge < -0.3 is 0 Å². The Hall–Kier alpha value is -0.490. The van der Waals surface area contributed by atoms with E-state index in [-0.39, 0.29) is 28.9 Å². The topological polar surface area (TPSA) is 17.1 Å². The van der Waals surface area contributed by atoms with E-state index in [0.29, 0.717) is 16.5 Å². The Labute approximate surface area is 110 Å². The second-order valence-electron chi connectivity index (χ2n) is 3.44. The first kappa shape index (κ1) is 14.6. The molecule has 1 aromatic rings. The van der Waals surface area contributed by atoms with E-state index in [1.54, 1.807) is 13.0 Å². The minimum atomic E-state index is -4.33. The monoisotopic (exact) mass is 326 g/mol. The van der Waals surface area contributed by atoms with E-state index < -0.39 is 5.51 Å². The summed E-state index contributed by atoms with van der Waals surface area (Å²) in [6, 6.07) is 4.31. The third-order valence-electron chi connectivity index (χ3n) is 1.93. The molecule has 0 atom stereocenters. The Kier molecular flexibility index (Phi) is 5.06. The molecule has 17 heavy (non-hydrogen) atoms. The maximum Gasteiger partial charge on any atom is 0.446 e. The summed E-state index contributed by atoms with van der Waals surface area (Å²) in [6.45, 7) is 1.67. The van der Waals surface area contributed by atoms with Gasteiger partial charge in [-0.2, -0.15) is 13.2 Å². The molecule has 0 aliphatic rings. The van der Waals surface area contributed by atoms with Crippen LogP contribution in [0.3, 0.4) is 0 Å². The molecule has 0 spiro atoms. The highest BCUT2D eigenvalue weighted by Crippen LogP contribution is 2.37. The van der Waals surface area contributed by atoms with Gasteiger partial charge in [-0.3, -0.25) is 4.79 Å². The van der Waals surface area contributed by atoms with Gasteiger partial charge in [-0.25, -0.2) is 0 Å². The van der Waals surface area contributed by atoms with E-state index >= 15 is 0 Å². The van der Waals surface area contributed by atoms with E-state index in [4.69, 9.17) is 0 Å². The zero-order chi connectivity index (χ0) is 13.1. The molecule has 94 valence electrons. The third kappa shape index (κ3) is 5.12. The molecule has 0 heterocycles. The summed E-state index contributed by atoms with van der Waals surface area (Å²) in [7, 11) is 0. The Morgan fingerprint density at radius 2 is 2.00 bits per heavy atom. The summed E-state index contributed by atoms with van der Waals surface area (Å²) in [5.41, 5.74) is -3.35. The van der Waals surface area contributed by atoms with Crippen LogP contribution >= 0.6 is 27.7 Å². The molecular weight excluding hydrogens is 317 g/mol. The molecule has 0 unspecified atom stereocenters. The first-order valence-corrected chi connectivity index (χ1v) is 6.72. The molecule has 0 saturated carbocycles. The van der Waals surface area contributed by atoms with Crippen LogP contribution in [-0.4, -0.2) is 16.6 Å². The van der Waals surface area contributed by atoms with Crippen molar-refractivity contribution in [2.24, 2.45) is 0 Å². The van der Waals surface area contributed by atoms with Crippen LogP contribution in [0.5, 0.6) is 0 Å². The van der Waals surface area contributed by atoms with Crippen molar-refractivity contribution < 1.29 is 18.0 Å². The van der Waals surface area contributed by atoms with Crippen LogP contribution in [-0.2, 0) is 0 Å². The van der Waals surface area contributed by atoms with Crippen LogP contribution in [0.4, 0.5) is 13.2 Å². The van der Waals surface area contributed by atoms with E-state index in [9.17, 15) is 18.0 Å². The molecule has 1 nitrogen and oxygen atoms in total. The predicted octanol–water partition coefficient (Wildman–Crippen LogP) is 4.57. The number of alkyl halides is 4. The Morgan fingerprint density at radius 3 is 2.53 bits per heavy atom. The van der Waals surface area contributed by atoms with Crippen LogP contribution in [0.15, 0.2) is 23.1 Å². The summed E-state index contributed by atoms with van der Waals surface area (Å²) in [4.78, 5) is 11.6. The SMILES string of the molecule is Cc1cc(SC(F)(F)F)cc(C(=O)CCBr)c1. The molecule has 0 aliphatic carbocycles. The number of aryl methyl sites for hydroxylation is 1.